The summed E-state index contributed by atoms with van der Waals surface area (Å²) in [4.78, 5) is 15.2. The average molecular weight is 319 g/mol. The Hall–Kier alpha value is -1.81. The Morgan fingerprint density at radius 1 is 1.27 bits per heavy atom. The maximum Gasteiger partial charge on any atom is 0.217 e. The van der Waals surface area contributed by atoms with Crippen molar-refractivity contribution in [2.24, 2.45) is 0 Å². The first-order valence-electron chi connectivity index (χ1n) is 7.60. The molecular formula is C17H19ClN2O2. The number of carbonyl (C=O) groups excluding carboxylic acids is 1. The van der Waals surface area contributed by atoms with Crippen LogP contribution in [0.4, 0.5) is 0 Å². The number of hydrogen-bond acceptors (Lipinski definition) is 3. The van der Waals surface area contributed by atoms with Crippen molar-refractivity contribution in [3.05, 3.63) is 35.6 Å². The van der Waals surface area contributed by atoms with E-state index in [9.17, 15) is 4.79 Å². The SMILES string of the molecule is CC(=O)N[C@H]1CC[C@H](Oc2ccc3c(Cl)nccc3c2)CC1. The molecule has 1 aromatic carbocycles. The zero-order chi connectivity index (χ0) is 15.5. The molecule has 3 rings (SSSR count). The summed E-state index contributed by atoms with van der Waals surface area (Å²) in [6, 6.07) is 8.11. The molecule has 1 fully saturated rings. The van der Waals surface area contributed by atoms with Crippen molar-refractivity contribution in [1.82, 2.24) is 10.3 Å². The van der Waals surface area contributed by atoms with Crippen LogP contribution in [0.15, 0.2) is 30.5 Å². The third-order valence-electron chi connectivity index (χ3n) is 4.07. The molecule has 5 heteroatoms. The molecule has 0 aliphatic heterocycles. The smallest absolute Gasteiger partial charge is 0.217 e. The zero-order valence-corrected chi connectivity index (χ0v) is 13.3. The van der Waals surface area contributed by atoms with Crippen molar-refractivity contribution < 1.29 is 9.53 Å². The summed E-state index contributed by atoms with van der Waals surface area (Å²) in [7, 11) is 0. The Balaban J connectivity index is 1.63. The minimum absolute atomic E-state index is 0.0457. The van der Waals surface area contributed by atoms with Crippen molar-refractivity contribution in [3.8, 4) is 5.75 Å². The number of rotatable bonds is 3. The largest absolute Gasteiger partial charge is 0.490 e. The van der Waals surface area contributed by atoms with Crippen LogP contribution in [0.3, 0.4) is 0 Å². The first-order valence-corrected chi connectivity index (χ1v) is 7.97. The van der Waals surface area contributed by atoms with Gasteiger partial charge in [-0.3, -0.25) is 4.79 Å². The van der Waals surface area contributed by atoms with Gasteiger partial charge >= 0.3 is 0 Å². The van der Waals surface area contributed by atoms with Gasteiger partial charge in [-0.1, -0.05) is 11.6 Å². The van der Waals surface area contributed by atoms with E-state index in [4.69, 9.17) is 16.3 Å². The van der Waals surface area contributed by atoms with E-state index in [1.807, 2.05) is 24.3 Å². The highest BCUT2D eigenvalue weighted by Crippen LogP contribution is 2.28. The second kappa shape index (κ2) is 6.53. The van der Waals surface area contributed by atoms with Crippen LogP contribution in [0.5, 0.6) is 5.75 Å². The summed E-state index contributed by atoms with van der Waals surface area (Å²) in [6.45, 7) is 1.57. The fraction of sp³-hybridized carbons (Fsp3) is 0.412. The van der Waals surface area contributed by atoms with E-state index in [0.717, 1.165) is 42.2 Å². The van der Waals surface area contributed by atoms with Crippen LogP contribution in [0.2, 0.25) is 5.15 Å². The number of ether oxygens (including phenoxy) is 1. The number of pyridine rings is 1. The quantitative estimate of drug-likeness (QED) is 0.878. The van der Waals surface area contributed by atoms with Gasteiger partial charge in [-0.25, -0.2) is 4.98 Å². The molecule has 4 nitrogen and oxygen atoms in total. The van der Waals surface area contributed by atoms with Crippen molar-refractivity contribution in [2.45, 2.75) is 44.8 Å². The third-order valence-corrected chi connectivity index (χ3v) is 4.37. The predicted molar refractivity (Wildman–Crippen MR) is 87.2 cm³/mol. The van der Waals surface area contributed by atoms with E-state index < -0.39 is 0 Å². The second-order valence-corrected chi connectivity index (χ2v) is 6.13. The highest BCUT2D eigenvalue weighted by molar-refractivity contribution is 6.34. The lowest BCUT2D eigenvalue weighted by Gasteiger charge is -2.29. The van der Waals surface area contributed by atoms with E-state index in [-0.39, 0.29) is 12.0 Å². The van der Waals surface area contributed by atoms with E-state index in [1.54, 1.807) is 13.1 Å². The molecule has 0 bridgehead atoms. The van der Waals surface area contributed by atoms with Gasteiger partial charge in [-0.05, 0) is 55.3 Å². The fourth-order valence-corrected chi connectivity index (χ4v) is 3.23. The molecule has 1 heterocycles. The third kappa shape index (κ3) is 3.50. The predicted octanol–water partition coefficient (Wildman–Crippen LogP) is 3.71. The molecule has 116 valence electrons. The van der Waals surface area contributed by atoms with E-state index >= 15 is 0 Å². The topological polar surface area (TPSA) is 51.2 Å². The molecule has 1 saturated carbocycles. The molecule has 1 aliphatic rings. The number of carbonyl (C=O) groups is 1. The number of benzene rings is 1. The van der Waals surface area contributed by atoms with Crippen molar-refractivity contribution in [3.63, 3.8) is 0 Å². The Labute approximate surface area is 134 Å². The number of fused-ring (bicyclic) bond motifs is 1. The zero-order valence-electron chi connectivity index (χ0n) is 12.5. The molecule has 2 aromatic rings. The summed E-state index contributed by atoms with van der Waals surface area (Å²) in [5.41, 5.74) is 0. The molecule has 0 unspecified atom stereocenters. The number of halogens is 1. The number of nitrogens with zero attached hydrogens (tertiary/aromatic N) is 1. The van der Waals surface area contributed by atoms with Gasteiger partial charge in [-0.2, -0.15) is 0 Å². The van der Waals surface area contributed by atoms with Gasteiger partial charge < -0.3 is 10.1 Å². The molecule has 1 N–H and O–H groups in total. The molecule has 0 radical (unpaired) electrons. The second-order valence-electron chi connectivity index (χ2n) is 5.78. The van der Waals surface area contributed by atoms with Crippen LogP contribution in [-0.2, 0) is 4.79 Å². The molecule has 0 spiro atoms. The molecule has 22 heavy (non-hydrogen) atoms. The Bertz CT molecular complexity index is 681. The molecule has 0 atom stereocenters. The van der Waals surface area contributed by atoms with Gasteiger partial charge in [0.15, 0.2) is 0 Å². The number of aromatic nitrogens is 1. The first kappa shape index (κ1) is 15.1. The van der Waals surface area contributed by atoms with E-state index in [1.165, 1.54) is 0 Å². The maximum absolute atomic E-state index is 11.1. The lowest BCUT2D eigenvalue weighted by Crippen LogP contribution is -2.38. The van der Waals surface area contributed by atoms with Crippen LogP contribution in [-0.4, -0.2) is 23.0 Å². The summed E-state index contributed by atoms with van der Waals surface area (Å²) in [5.74, 6) is 0.905. The minimum Gasteiger partial charge on any atom is -0.490 e. The minimum atomic E-state index is 0.0457. The summed E-state index contributed by atoms with van der Waals surface area (Å²) in [6.07, 6.45) is 5.76. The summed E-state index contributed by atoms with van der Waals surface area (Å²) < 4.78 is 6.08. The molecule has 0 saturated heterocycles. The molecular weight excluding hydrogens is 300 g/mol. The highest BCUT2D eigenvalue weighted by Gasteiger charge is 2.22. The van der Waals surface area contributed by atoms with Crippen LogP contribution >= 0.6 is 11.6 Å². The summed E-state index contributed by atoms with van der Waals surface area (Å²) in [5, 5.41) is 5.46. The number of hydrogen-bond donors (Lipinski definition) is 1. The fourth-order valence-electron chi connectivity index (χ4n) is 3.00. The Morgan fingerprint density at radius 3 is 2.77 bits per heavy atom. The lowest BCUT2D eigenvalue weighted by atomic mass is 9.93. The average Bonchev–Trinajstić information content (AvgIpc) is 2.49. The van der Waals surface area contributed by atoms with E-state index in [0.29, 0.717) is 11.2 Å². The van der Waals surface area contributed by atoms with Crippen LogP contribution in [0.25, 0.3) is 10.8 Å². The van der Waals surface area contributed by atoms with Gasteiger partial charge in [0, 0.05) is 24.5 Å². The van der Waals surface area contributed by atoms with Crippen molar-refractivity contribution >= 4 is 28.3 Å². The van der Waals surface area contributed by atoms with Crippen molar-refractivity contribution in [2.75, 3.05) is 0 Å². The Kier molecular flexibility index (Phi) is 4.48. The number of amides is 1. The monoisotopic (exact) mass is 318 g/mol. The standard InChI is InChI=1S/C17H19ClN2O2/c1-11(21)20-13-2-4-14(5-3-13)22-15-6-7-16-12(10-15)8-9-19-17(16)18/h6-10,13-14H,2-5H2,1H3,(H,20,21)/t13-,14-. The molecule has 1 amide bonds. The van der Waals surface area contributed by atoms with Gasteiger partial charge in [0.2, 0.25) is 5.91 Å². The van der Waals surface area contributed by atoms with Gasteiger partial charge in [-0.15, -0.1) is 0 Å². The van der Waals surface area contributed by atoms with Crippen LogP contribution < -0.4 is 10.1 Å². The number of nitrogens with one attached hydrogen (secondary N) is 1. The normalized spacial score (nSPS) is 21.5. The Morgan fingerprint density at radius 2 is 2.05 bits per heavy atom. The maximum atomic E-state index is 11.1. The summed E-state index contributed by atoms with van der Waals surface area (Å²) >= 11 is 6.07. The van der Waals surface area contributed by atoms with Crippen LogP contribution in [0.1, 0.15) is 32.6 Å². The molecule has 1 aliphatic carbocycles. The van der Waals surface area contributed by atoms with Gasteiger partial charge in [0.05, 0.1) is 6.10 Å². The lowest BCUT2D eigenvalue weighted by molar-refractivity contribution is -0.120. The van der Waals surface area contributed by atoms with Crippen molar-refractivity contribution in [1.29, 1.82) is 0 Å². The van der Waals surface area contributed by atoms with Gasteiger partial charge in [0.25, 0.3) is 0 Å². The first-order chi connectivity index (χ1) is 10.6. The van der Waals surface area contributed by atoms with E-state index in [2.05, 4.69) is 10.3 Å². The molecule has 1 aromatic heterocycles. The van der Waals surface area contributed by atoms with Crippen LogP contribution in [0, 0.1) is 0 Å². The highest BCUT2D eigenvalue weighted by atomic mass is 35.5. The van der Waals surface area contributed by atoms with Gasteiger partial charge in [0.1, 0.15) is 10.9 Å².